The summed E-state index contributed by atoms with van der Waals surface area (Å²) in [5, 5.41) is 13.4. The number of rotatable bonds is 5. The van der Waals surface area contributed by atoms with Gasteiger partial charge in [-0.25, -0.2) is 8.78 Å². The molecule has 9 heteroatoms. The number of anilines is 1. The summed E-state index contributed by atoms with van der Waals surface area (Å²) in [7, 11) is 0. The van der Waals surface area contributed by atoms with E-state index in [9.17, 15) is 13.6 Å². The molecule has 0 spiro atoms. The predicted octanol–water partition coefficient (Wildman–Crippen LogP) is 7.00. The van der Waals surface area contributed by atoms with Crippen LogP contribution in [-0.2, 0) is 11.3 Å². The van der Waals surface area contributed by atoms with Crippen molar-refractivity contribution in [3.63, 3.8) is 0 Å². The molecule has 0 bridgehead atoms. The SMILES string of the molecule is CC(=O)Nc1ccc(Cl)cc1-c1ccc(-n2c(=N)n(Cc3cccc4[nH]ccc34)c3cc(F)c(F)cc32)cc1. The molecule has 1 amide bonds. The molecule has 2 aromatic heterocycles. The lowest BCUT2D eigenvalue weighted by Crippen LogP contribution is -2.24. The minimum absolute atomic E-state index is 0.0666. The zero-order valence-electron chi connectivity index (χ0n) is 20.7. The standard InChI is InChI=1S/C30H22ClF2N5O/c1-17(39)36-27-10-7-20(31)13-23(27)18-5-8-21(9-6-18)38-29-15-25(33)24(32)14-28(29)37(30(38)34)16-19-3-2-4-26-22(19)11-12-35-26/h2-15,34-35H,16H2,1H3,(H,36,39). The normalized spacial score (nSPS) is 11.4. The van der Waals surface area contributed by atoms with Crippen molar-refractivity contribution in [2.45, 2.75) is 13.5 Å². The van der Waals surface area contributed by atoms with Gasteiger partial charge in [-0.2, -0.15) is 0 Å². The maximum atomic E-state index is 14.4. The van der Waals surface area contributed by atoms with Crippen molar-refractivity contribution in [1.29, 1.82) is 5.41 Å². The van der Waals surface area contributed by atoms with Crippen LogP contribution in [0.1, 0.15) is 12.5 Å². The molecule has 2 heterocycles. The van der Waals surface area contributed by atoms with E-state index >= 15 is 0 Å². The molecule has 4 aromatic carbocycles. The third-order valence-electron chi connectivity index (χ3n) is 6.76. The number of hydrogen-bond acceptors (Lipinski definition) is 2. The van der Waals surface area contributed by atoms with Gasteiger partial charge in [0.05, 0.1) is 17.6 Å². The lowest BCUT2D eigenvalue weighted by Gasteiger charge is -2.12. The highest BCUT2D eigenvalue weighted by Crippen LogP contribution is 2.32. The van der Waals surface area contributed by atoms with Crippen molar-refractivity contribution in [1.82, 2.24) is 14.1 Å². The molecule has 0 fully saturated rings. The molecule has 0 atom stereocenters. The molecule has 3 N–H and O–H groups in total. The number of H-pyrrole nitrogens is 1. The number of hydrogen-bond donors (Lipinski definition) is 3. The van der Waals surface area contributed by atoms with Gasteiger partial charge < -0.3 is 14.9 Å². The highest BCUT2D eigenvalue weighted by atomic mass is 35.5. The van der Waals surface area contributed by atoms with Crippen LogP contribution in [0.15, 0.2) is 85.1 Å². The topological polar surface area (TPSA) is 78.6 Å². The number of nitrogens with zero attached hydrogens (tertiary/aromatic N) is 2. The second-order valence-corrected chi connectivity index (χ2v) is 9.71. The molecule has 0 saturated heterocycles. The summed E-state index contributed by atoms with van der Waals surface area (Å²) in [6.07, 6.45) is 1.84. The highest BCUT2D eigenvalue weighted by Gasteiger charge is 2.18. The van der Waals surface area contributed by atoms with Crippen LogP contribution >= 0.6 is 11.6 Å². The van der Waals surface area contributed by atoms with Gasteiger partial charge in [0.1, 0.15) is 0 Å². The molecule has 0 aliphatic carbocycles. The molecule has 39 heavy (non-hydrogen) atoms. The Labute approximate surface area is 226 Å². The van der Waals surface area contributed by atoms with E-state index in [0.29, 0.717) is 34.0 Å². The number of carbonyl (C=O) groups is 1. The summed E-state index contributed by atoms with van der Waals surface area (Å²) in [4.78, 5) is 14.9. The fourth-order valence-corrected chi connectivity index (χ4v) is 5.17. The van der Waals surface area contributed by atoms with Crippen molar-refractivity contribution in [2.75, 3.05) is 5.32 Å². The molecule has 0 saturated carbocycles. The molecule has 194 valence electrons. The van der Waals surface area contributed by atoms with Gasteiger partial charge in [0.2, 0.25) is 11.5 Å². The van der Waals surface area contributed by atoms with Crippen molar-refractivity contribution in [3.8, 4) is 16.8 Å². The van der Waals surface area contributed by atoms with Crippen LogP contribution < -0.4 is 10.9 Å². The number of aromatic amines is 1. The minimum Gasteiger partial charge on any atom is -0.361 e. The molecule has 6 aromatic rings. The van der Waals surface area contributed by atoms with Gasteiger partial charge in [0, 0.05) is 58.1 Å². The first-order valence-electron chi connectivity index (χ1n) is 12.2. The van der Waals surface area contributed by atoms with E-state index in [-0.39, 0.29) is 11.5 Å². The van der Waals surface area contributed by atoms with Gasteiger partial charge in [0.15, 0.2) is 11.6 Å². The van der Waals surface area contributed by atoms with E-state index in [1.54, 1.807) is 39.5 Å². The van der Waals surface area contributed by atoms with Crippen LogP contribution in [0, 0.1) is 17.0 Å². The fourth-order valence-electron chi connectivity index (χ4n) is 4.99. The number of aromatic nitrogens is 3. The van der Waals surface area contributed by atoms with Gasteiger partial charge in [0.25, 0.3) is 0 Å². The fraction of sp³-hybridized carbons (Fsp3) is 0.0667. The first kappa shape index (κ1) is 24.6. The maximum absolute atomic E-state index is 14.4. The number of amides is 1. The summed E-state index contributed by atoms with van der Waals surface area (Å²) >= 11 is 6.23. The van der Waals surface area contributed by atoms with Gasteiger partial charge in [-0.15, -0.1) is 0 Å². The number of halogens is 3. The molecular weight excluding hydrogens is 520 g/mol. The van der Waals surface area contributed by atoms with Crippen LogP contribution in [0.4, 0.5) is 14.5 Å². The second-order valence-electron chi connectivity index (χ2n) is 9.27. The molecule has 0 unspecified atom stereocenters. The van der Waals surface area contributed by atoms with E-state index in [1.165, 1.54) is 6.92 Å². The van der Waals surface area contributed by atoms with Gasteiger partial charge >= 0.3 is 0 Å². The van der Waals surface area contributed by atoms with E-state index in [1.807, 2.05) is 42.6 Å². The Morgan fingerprint density at radius 3 is 2.46 bits per heavy atom. The largest absolute Gasteiger partial charge is 0.361 e. The number of carbonyl (C=O) groups excluding carboxylic acids is 1. The molecule has 0 aliphatic rings. The maximum Gasteiger partial charge on any atom is 0.221 e. The van der Waals surface area contributed by atoms with Gasteiger partial charge in [-0.05, 0) is 53.6 Å². The average molecular weight is 542 g/mol. The quantitative estimate of drug-likeness (QED) is 0.216. The zero-order valence-corrected chi connectivity index (χ0v) is 21.5. The van der Waals surface area contributed by atoms with Gasteiger partial charge in [-0.1, -0.05) is 35.9 Å². The molecule has 0 aliphatic heterocycles. The van der Waals surface area contributed by atoms with Crippen molar-refractivity contribution in [2.24, 2.45) is 0 Å². The minimum atomic E-state index is -0.989. The first-order valence-corrected chi connectivity index (χ1v) is 12.6. The smallest absolute Gasteiger partial charge is 0.221 e. The number of imidazole rings is 1. The third-order valence-corrected chi connectivity index (χ3v) is 6.99. The molecular formula is C30H22ClF2N5O. The lowest BCUT2D eigenvalue weighted by atomic mass is 10.0. The van der Waals surface area contributed by atoms with E-state index in [4.69, 9.17) is 17.0 Å². The number of benzene rings is 4. The van der Waals surface area contributed by atoms with Crippen molar-refractivity contribution >= 4 is 45.1 Å². The van der Waals surface area contributed by atoms with Crippen LogP contribution in [0.5, 0.6) is 0 Å². The summed E-state index contributed by atoms with van der Waals surface area (Å²) in [6, 6.07) is 22.5. The van der Waals surface area contributed by atoms with E-state index in [2.05, 4.69) is 10.3 Å². The first-order chi connectivity index (χ1) is 18.8. The Morgan fingerprint density at radius 1 is 0.974 bits per heavy atom. The summed E-state index contributed by atoms with van der Waals surface area (Å²) in [6.45, 7) is 1.73. The number of nitrogens with one attached hydrogen (secondary N) is 3. The van der Waals surface area contributed by atoms with Crippen molar-refractivity contribution < 1.29 is 13.6 Å². The average Bonchev–Trinajstić information content (AvgIpc) is 3.49. The second kappa shape index (κ2) is 9.56. The monoisotopic (exact) mass is 541 g/mol. The molecule has 6 rings (SSSR count). The van der Waals surface area contributed by atoms with Gasteiger partial charge in [-0.3, -0.25) is 14.8 Å². The van der Waals surface area contributed by atoms with Crippen LogP contribution in [0.2, 0.25) is 5.02 Å². The van der Waals surface area contributed by atoms with E-state index in [0.717, 1.165) is 39.7 Å². The Bertz CT molecular complexity index is 1950. The predicted molar refractivity (Wildman–Crippen MR) is 149 cm³/mol. The summed E-state index contributed by atoms with van der Waals surface area (Å²) in [5.74, 6) is -2.17. The zero-order chi connectivity index (χ0) is 27.3. The van der Waals surface area contributed by atoms with E-state index < -0.39 is 11.6 Å². The van der Waals surface area contributed by atoms with Crippen molar-refractivity contribution in [3.05, 3.63) is 113 Å². The Balaban J connectivity index is 1.49. The Kier molecular flexibility index (Phi) is 6.04. The van der Waals surface area contributed by atoms with Crippen LogP contribution in [0.3, 0.4) is 0 Å². The molecule has 6 nitrogen and oxygen atoms in total. The summed E-state index contributed by atoms with van der Waals surface area (Å²) < 4.78 is 32.1. The summed E-state index contributed by atoms with van der Waals surface area (Å²) in [5.41, 5.74) is 5.47. The lowest BCUT2D eigenvalue weighted by molar-refractivity contribution is -0.114. The molecule has 0 radical (unpaired) electrons. The van der Waals surface area contributed by atoms with Crippen LogP contribution in [-0.4, -0.2) is 20.0 Å². The highest BCUT2D eigenvalue weighted by molar-refractivity contribution is 6.31. The Hall–Kier alpha value is -4.69. The Morgan fingerprint density at radius 2 is 1.72 bits per heavy atom. The van der Waals surface area contributed by atoms with Crippen LogP contribution in [0.25, 0.3) is 38.8 Å². The third kappa shape index (κ3) is 4.38. The number of fused-ring (bicyclic) bond motifs is 2.